The van der Waals surface area contributed by atoms with E-state index in [1.165, 1.54) is 11.8 Å². The Kier molecular flexibility index (Phi) is 6.65. The fourth-order valence-corrected chi connectivity index (χ4v) is 3.86. The molecule has 146 valence electrons. The Hall–Kier alpha value is -2.02. The summed E-state index contributed by atoms with van der Waals surface area (Å²) < 4.78 is 1.64. The van der Waals surface area contributed by atoms with E-state index in [0.717, 1.165) is 0 Å². The average Bonchev–Trinajstić information content (AvgIpc) is 2.66. The van der Waals surface area contributed by atoms with E-state index < -0.39 is 0 Å². The molecule has 28 heavy (non-hydrogen) atoms. The Morgan fingerprint density at radius 2 is 1.93 bits per heavy atom. The number of halogens is 2. The van der Waals surface area contributed by atoms with E-state index in [9.17, 15) is 9.59 Å². The van der Waals surface area contributed by atoms with Crippen molar-refractivity contribution in [3.05, 3.63) is 62.9 Å². The lowest BCUT2D eigenvalue weighted by atomic mass is 10.2. The van der Waals surface area contributed by atoms with Gasteiger partial charge in [-0.05, 0) is 30.2 Å². The van der Waals surface area contributed by atoms with Gasteiger partial charge in [0, 0.05) is 6.54 Å². The lowest BCUT2D eigenvalue weighted by Gasteiger charge is -2.15. The minimum absolute atomic E-state index is 0.0890. The Balaban J connectivity index is 1.84. The summed E-state index contributed by atoms with van der Waals surface area (Å²) in [6, 6.07) is 12.3. The summed E-state index contributed by atoms with van der Waals surface area (Å²) in [5.41, 5.74) is 0.971. The number of para-hydroxylation sites is 1. The molecule has 0 aliphatic heterocycles. The van der Waals surface area contributed by atoms with Crippen LogP contribution in [0.1, 0.15) is 13.8 Å². The third-order valence-electron chi connectivity index (χ3n) is 3.93. The number of hydrogen-bond donors (Lipinski definition) is 1. The second-order valence-electron chi connectivity index (χ2n) is 6.66. The number of nitrogens with one attached hydrogen (secondary N) is 1. The third kappa shape index (κ3) is 4.69. The number of nitrogens with zero attached hydrogens (tertiary/aromatic N) is 2. The van der Waals surface area contributed by atoms with Crippen LogP contribution in [-0.2, 0) is 11.3 Å². The van der Waals surface area contributed by atoms with Gasteiger partial charge in [-0.3, -0.25) is 14.2 Å². The second kappa shape index (κ2) is 8.99. The molecule has 0 aliphatic carbocycles. The molecular weight excluding hydrogens is 417 g/mol. The molecule has 1 amide bonds. The second-order valence-corrected chi connectivity index (χ2v) is 8.39. The Morgan fingerprint density at radius 3 is 2.68 bits per heavy atom. The van der Waals surface area contributed by atoms with Crippen LogP contribution in [0.15, 0.2) is 52.4 Å². The molecule has 1 heterocycles. The average molecular weight is 436 g/mol. The van der Waals surface area contributed by atoms with Crippen molar-refractivity contribution >= 4 is 57.5 Å². The molecule has 0 spiro atoms. The van der Waals surface area contributed by atoms with Gasteiger partial charge in [0.1, 0.15) is 0 Å². The van der Waals surface area contributed by atoms with Crippen LogP contribution in [0.3, 0.4) is 0 Å². The number of thioether (sulfide) groups is 1. The first-order valence-corrected chi connectivity index (χ1v) is 10.5. The van der Waals surface area contributed by atoms with Gasteiger partial charge >= 0.3 is 0 Å². The summed E-state index contributed by atoms with van der Waals surface area (Å²) in [4.78, 5) is 29.9. The van der Waals surface area contributed by atoms with E-state index in [1.54, 1.807) is 34.9 Å². The van der Waals surface area contributed by atoms with Gasteiger partial charge in [-0.25, -0.2) is 4.98 Å². The highest BCUT2D eigenvalue weighted by atomic mass is 35.5. The zero-order valence-corrected chi connectivity index (χ0v) is 17.7. The smallest absolute Gasteiger partial charge is 0.262 e. The Labute approximate surface area is 177 Å². The van der Waals surface area contributed by atoms with Gasteiger partial charge in [0.15, 0.2) is 5.16 Å². The fourth-order valence-electron chi connectivity index (χ4n) is 2.70. The van der Waals surface area contributed by atoms with Gasteiger partial charge in [0.25, 0.3) is 5.56 Å². The van der Waals surface area contributed by atoms with Crippen molar-refractivity contribution in [3.63, 3.8) is 0 Å². The van der Waals surface area contributed by atoms with Crippen LogP contribution >= 0.6 is 35.0 Å². The van der Waals surface area contributed by atoms with Gasteiger partial charge in [-0.2, -0.15) is 0 Å². The number of benzene rings is 2. The number of carbonyl (C=O) groups excluding carboxylic acids is 1. The normalized spacial score (nSPS) is 11.2. The van der Waals surface area contributed by atoms with Crippen molar-refractivity contribution in [2.75, 3.05) is 11.1 Å². The van der Waals surface area contributed by atoms with Crippen LogP contribution < -0.4 is 10.9 Å². The molecule has 0 radical (unpaired) electrons. The SMILES string of the molecule is CC(C)Cn1c(SCC(=O)Nc2cccc(Cl)c2Cl)nc2ccccc2c1=O. The van der Waals surface area contributed by atoms with Gasteiger partial charge in [0.2, 0.25) is 5.91 Å². The highest BCUT2D eigenvalue weighted by molar-refractivity contribution is 7.99. The predicted molar refractivity (Wildman–Crippen MR) is 117 cm³/mol. The minimum atomic E-state index is -0.257. The molecule has 0 saturated carbocycles. The molecule has 5 nitrogen and oxygen atoms in total. The number of carbonyl (C=O) groups is 1. The zero-order chi connectivity index (χ0) is 20.3. The number of aromatic nitrogens is 2. The summed E-state index contributed by atoms with van der Waals surface area (Å²) in [7, 11) is 0. The molecule has 1 aromatic heterocycles. The third-order valence-corrected chi connectivity index (χ3v) is 5.73. The van der Waals surface area contributed by atoms with Crippen molar-refractivity contribution in [1.29, 1.82) is 0 Å². The maximum absolute atomic E-state index is 12.9. The van der Waals surface area contributed by atoms with Crippen molar-refractivity contribution < 1.29 is 4.79 Å². The van der Waals surface area contributed by atoms with Gasteiger partial charge < -0.3 is 5.32 Å². The van der Waals surface area contributed by atoms with Gasteiger partial charge in [-0.1, -0.05) is 67.0 Å². The maximum Gasteiger partial charge on any atom is 0.262 e. The predicted octanol–water partition coefficient (Wildman–Crippen LogP) is 5.09. The molecule has 1 N–H and O–H groups in total. The maximum atomic E-state index is 12.9. The molecule has 2 aromatic carbocycles. The summed E-state index contributed by atoms with van der Waals surface area (Å²) in [6.45, 7) is 4.59. The number of anilines is 1. The van der Waals surface area contributed by atoms with Crippen LogP contribution in [0.4, 0.5) is 5.69 Å². The first-order valence-electron chi connectivity index (χ1n) is 8.73. The van der Waals surface area contributed by atoms with Gasteiger partial charge in [-0.15, -0.1) is 0 Å². The zero-order valence-electron chi connectivity index (χ0n) is 15.4. The largest absolute Gasteiger partial charge is 0.324 e. The summed E-state index contributed by atoms with van der Waals surface area (Å²) >= 11 is 13.3. The van der Waals surface area contributed by atoms with Crippen LogP contribution in [0.25, 0.3) is 10.9 Å². The van der Waals surface area contributed by atoms with Crippen molar-refractivity contribution in [2.24, 2.45) is 5.92 Å². The van der Waals surface area contributed by atoms with E-state index in [0.29, 0.717) is 38.3 Å². The molecule has 0 aliphatic rings. The number of hydrogen-bond acceptors (Lipinski definition) is 4. The number of fused-ring (bicyclic) bond motifs is 1. The van der Waals surface area contributed by atoms with E-state index >= 15 is 0 Å². The van der Waals surface area contributed by atoms with Crippen LogP contribution in [-0.4, -0.2) is 21.2 Å². The monoisotopic (exact) mass is 435 g/mol. The topological polar surface area (TPSA) is 64.0 Å². The molecular formula is C20H19Cl2N3O2S. The highest BCUT2D eigenvalue weighted by Crippen LogP contribution is 2.29. The van der Waals surface area contributed by atoms with Crippen LogP contribution in [0.2, 0.25) is 10.0 Å². The standard InChI is InChI=1S/C20H19Cl2N3O2S/c1-12(2)10-25-19(27)13-6-3-4-8-15(13)24-20(25)28-11-17(26)23-16-9-5-7-14(21)18(16)22/h3-9,12H,10-11H2,1-2H3,(H,23,26). The molecule has 0 atom stereocenters. The van der Waals surface area contributed by atoms with E-state index in [4.69, 9.17) is 23.2 Å². The summed E-state index contributed by atoms with van der Waals surface area (Å²) in [6.07, 6.45) is 0. The molecule has 8 heteroatoms. The highest BCUT2D eigenvalue weighted by Gasteiger charge is 2.15. The van der Waals surface area contributed by atoms with Crippen molar-refractivity contribution in [3.8, 4) is 0 Å². The first-order chi connectivity index (χ1) is 13.4. The Bertz CT molecular complexity index is 1080. The molecule has 3 aromatic rings. The van der Waals surface area contributed by atoms with E-state index in [2.05, 4.69) is 10.3 Å². The van der Waals surface area contributed by atoms with Crippen LogP contribution in [0.5, 0.6) is 0 Å². The summed E-state index contributed by atoms with van der Waals surface area (Å²) in [5.74, 6) is 0.0953. The molecule has 3 rings (SSSR count). The number of rotatable bonds is 6. The van der Waals surface area contributed by atoms with Crippen molar-refractivity contribution in [2.45, 2.75) is 25.5 Å². The lowest BCUT2D eigenvalue weighted by molar-refractivity contribution is -0.113. The molecule has 0 fully saturated rings. The minimum Gasteiger partial charge on any atom is -0.324 e. The van der Waals surface area contributed by atoms with Crippen LogP contribution in [0, 0.1) is 5.92 Å². The molecule has 0 bridgehead atoms. The van der Waals surface area contributed by atoms with Crippen molar-refractivity contribution in [1.82, 2.24) is 9.55 Å². The Morgan fingerprint density at radius 1 is 1.18 bits per heavy atom. The quantitative estimate of drug-likeness (QED) is 0.432. The number of amides is 1. The molecule has 0 unspecified atom stereocenters. The van der Waals surface area contributed by atoms with Gasteiger partial charge in [0.05, 0.1) is 32.4 Å². The lowest BCUT2D eigenvalue weighted by Crippen LogP contribution is -2.26. The fraction of sp³-hybridized carbons (Fsp3) is 0.250. The first kappa shape index (κ1) is 20.7. The van der Waals surface area contributed by atoms with E-state index in [-0.39, 0.29) is 23.1 Å². The molecule has 0 saturated heterocycles. The summed E-state index contributed by atoms with van der Waals surface area (Å²) in [5, 5.41) is 4.50. The van der Waals surface area contributed by atoms with E-state index in [1.807, 2.05) is 26.0 Å².